The van der Waals surface area contributed by atoms with Gasteiger partial charge in [-0.05, 0) is 23.8 Å². The quantitative estimate of drug-likeness (QED) is 0.419. The van der Waals surface area contributed by atoms with E-state index in [2.05, 4.69) is 4.98 Å². The van der Waals surface area contributed by atoms with Gasteiger partial charge >= 0.3 is 0 Å². The molecule has 2 aromatic carbocycles. The number of ketones is 1. The van der Waals surface area contributed by atoms with Crippen molar-refractivity contribution in [1.29, 1.82) is 0 Å². The van der Waals surface area contributed by atoms with Crippen molar-refractivity contribution < 1.29 is 19.1 Å². The van der Waals surface area contributed by atoms with Gasteiger partial charge in [-0.15, -0.1) is 0 Å². The smallest absolute Gasteiger partial charge is 0.295 e. The Labute approximate surface area is 166 Å². The van der Waals surface area contributed by atoms with E-state index in [9.17, 15) is 19.1 Å². The number of aliphatic hydroxyl groups is 1. The summed E-state index contributed by atoms with van der Waals surface area (Å²) in [6.07, 6.45) is 2.93. The molecule has 0 spiro atoms. The van der Waals surface area contributed by atoms with Crippen LogP contribution in [0, 0.1) is 5.82 Å². The molecule has 0 bridgehead atoms. The number of pyridine rings is 1. The topological polar surface area (TPSA) is 70.5 Å². The largest absolute Gasteiger partial charge is 0.507 e. The first-order chi connectivity index (χ1) is 14.1. The number of halogens is 1. The standard InChI is InChI=1S/C23H17FN2O3/c24-18-9-5-4-8-17(18)20-19(21(27)16-10-12-25-13-11-16)22(28)23(29)26(20)14-15-6-2-1-3-7-15/h1-13,20,27H,14H2/b21-19+. The van der Waals surface area contributed by atoms with E-state index < -0.39 is 23.5 Å². The summed E-state index contributed by atoms with van der Waals surface area (Å²) < 4.78 is 14.7. The van der Waals surface area contributed by atoms with Gasteiger partial charge in [0.15, 0.2) is 0 Å². The maximum absolute atomic E-state index is 14.7. The second-order valence-corrected chi connectivity index (χ2v) is 6.67. The van der Waals surface area contributed by atoms with E-state index in [1.165, 1.54) is 47.6 Å². The van der Waals surface area contributed by atoms with Crippen molar-refractivity contribution in [2.45, 2.75) is 12.6 Å². The molecule has 4 rings (SSSR count). The lowest BCUT2D eigenvalue weighted by Crippen LogP contribution is -2.29. The van der Waals surface area contributed by atoms with Gasteiger partial charge in [0.1, 0.15) is 11.6 Å². The first-order valence-electron chi connectivity index (χ1n) is 9.05. The predicted octanol–water partition coefficient (Wildman–Crippen LogP) is 3.84. The lowest BCUT2D eigenvalue weighted by atomic mass is 9.95. The fourth-order valence-electron chi connectivity index (χ4n) is 3.51. The number of aliphatic hydroxyl groups excluding tert-OH is 1. The van der Waals surface area contributed by atoms with E-state index in [1.54, 1.807) is 6.07 Å². The van der Waals surface area contributed by atoms with Crippen LogP contribution in [0.3, 0.4) is 0 Å². The normalized spacial score (nSPS) is 18.2. The van der Waals surface area contributed by atoms with Crippen LogP contribution in [0.15, 0.2) is 84.7 Å². The average Bonchev–Trinajstić information content (AvgIpc) is 3.00. The van der Waals surface area contributed by atoms with E-state index in [0.717, 1.165) is 5.56 Å². The van der Waals surface area contributed by atoms with E-state index in [-0.39, 0.29) is 23.4 Å². The van der Waals surface area contributed by atoms with Crippen molar-refractivity contribution in [3.05, 3.63) is 107 Å². The number of carbonyl (C=O) groups excluding carboxylic acids is 2. The monoisotopic (exact) mass is 388 g/mol. The molecule has 1 aliphatic rings. The Kier molecular flexibility index (Phi) is 4.91. The Balaban J connectivity index is 1.89. The van der Waals surface area contributed by atoms with Crippen molar-refractivity contribution in [1.82, 2.24) is 9.88 Å². The number of rotatable bonds is 4. The summed E-state index contributed by atoms with van der Waals surface area (Å²) in [5.41, 5.74) is 1.14. The number of benzene rings is 2. The zero-order chi connectivity index (χ0) is 20.4. The zero-order valence-electron chi connectivity index (χ0n) is 15.3. The summed E-state index contributed by atoms with van der Waals surface area (Å²) in [6, 6.07) is 17.1. The van der Waals surface area contributed by atoms with Crippen LogP contribution in [-0.2, 0) is 16.1 Å². The number of amides is 1. The van der Waals surface area contributed by atoms with E-state index >= 15 is 0 Å². The number of hydrogen-bond donors (Lipinski definition) is 1. The Bertz CT molecular complexity index is 1100. The number of aromatic nitrogens is 1. The highest BCUT2D eigenvalue weighted by Gasteiger charge is 2.46. The summed E-state index contributed by atoms with van der Waals surface area (Å²) in [5.74, 6) is -2.53. The highest BCUT2D eigenvalue weighted by molar-refractivity contribution is 6.46. The molecule has 0 aliphatic carbocycles. The van der Waals surface area contributed by atoms with Gasteiger partial charge in [0.05, 0.1) is 11.6 Å². The molecule has 1 fully saturated rings. The summed E-state index contributed by atoms with van der Waals surface area (Å²) in [6.45, 7) is 0.109. The molecule has 0 saturated carbocycles. The van der Waals surface area contributed by atoms with E-state index in [4.69, 9.17) is 0 Å². The van der Waals surface area contributed by atoms with Crippen LogP contribution < -0.4 is 0 Å². The third-order valence-corrected chi connectivity index (χ3v) is 4.89. The van der Waals surface area contributed by atoms with Crippen molar-refractivity contribution >= 4 is 17.4 Å². The molecule has 1 amide bonds. The lowest BCUT2D eigenvalue weighted by Gasteiger charge is -2.25. The molecular formula is C23H17FN2O3. The maximum Gasteiger partial charge on any atom is 0.295 e. The fourth-order valence-corrected chi connectivity index (χ4v) is 3.51. The van der Waals surface area contributed by atoms with Crippen LogP contribution in [0.1, 0.15) is 22.7 Å². The van der Waals surface area contributed by atoms with Crippen LogP contribution in [0.2, 0.25) is 0 Å². The molecule has 2 heterocycles. The third kappa shape index (κ3) is 3.40. The molecule has 3 aromatic rings. The highest BCUT2D eigenvalue weighted by Crippen LogP contribution is 2.40. The van der Waals surface area contributed by atoms with Gasteiger partial charge in [-0.1, -0.05) is 48.5 Å². The van der Waals surface area contributed by atoms with Gasteiger partial charge in [0.25, 0.3) is 11.7 Å². The maximum atomic E-state index is 14.7. The Morgan fingerprint density at radius 3 is 2.31 bits per heavy atom. The highest BCUT2D eigenvalue weighted by atomic mass is 19.1. The van der Waals surface area contributed by atoms with Gasteiger partial charge in [0.2, 0.25) is 0 Å². The second kappa shape index (κ2) is 7.67. The van der Waals surface area contributed by atoms with Crippen molar-refractivity contribution in [3.8, 4) is 0 Å². The van der Waals surface area contributed by atoms with Crippen molar-refractivity contribution in [3.63, 3.8) is 0 Å². The lowest BCUT2D eigenvalue weighted by molar-refractivity contribution is -0.140. The molecule has 6 heteroatoms. The SMILES string of the molecule is O=C1C(=O)N(Cc2ccccc2)C(c2ccccc2F)/C1=C(\O)c1ccncc1. The molecule has 29 heavy (non-hydrogen) atoms. The van der Waals surface area contributed by atoms with Gasteiger partial charge < -0.3 is 10.0 Å². The van der Waals surface area contributed by atoms with Crippen molar-refractivity contribution in [2.75, 3.05) is 0 Å². The molecule has 1 saturated heterocycles. The average molecular weight is 388 g/mol. The first kappa shape index (κ1) is 18.6. The molecule has 144 valence electrons. The number of nitrogens with zero attached hydrogens (tertiary/aromatic N) is 2. The number of Topliss-reactive ketones (excluding diaryl/α,β-unsaturated/α-hetero) is 1. The minimum atomic E-state index is -1.04. The van der Waals surface area contributed by atoms with Gasteiger partial charge in [0, 0.05) is 30.1 Å². The van der Waals surface area contributed by atoms with Crippen LogP contribution >= 0.6 is 0 Å². The van der Waals surface area contributed by atoms with Gasteiger partial charge in [-0.3, -0.25) is 14.6 Å². The third-order valence-electron chi connectivity index (χ3n) is 4.89. The molecule has 1 unspecified atom stereocenters. The Morgan fingerprint density at radius 1 is 0.966 bits per heavy atom. The Morgan fingerprint density at radius 2 is 1.62 bits per heavy atom. The van der Waals surface area contributed by atoms with Crippen molar-refractivity contribution in [2.24, 2.45) is 0 Å². The molecule has 0 radical (unpaired) electrons. The van der Waals surface area contributed by atoms with E-state index in [0.29, 0.717) is 5.56 Å². The van der Waals surface area contributed by atoms with E-state index in [1.807, 2.05) is 30.3 Å². The molecule has 1 aromatic heterocycles. The molecule has 1 atom stereocenters. The Hall–Kier alpha value is -3.80. The zero-order valence-corrected chi connectivity index (χ0v) is 15.3. The summed E-state index contributed by atoms with van der Waals surface area (Å²) in [5, 5.41) is 10.8. The summed E-state index contributed by atoms with van der Waals surface area (Å²) in [7, 11) is 0. The minimum absolute atomic E-state index is 0.109. The van der Waals surface area contributed by atoms with Gasteiger partial charge in [-0.25, -0.2) is 4.39 Å². The van der Waals surface area contributed by atoms with Crippen LogP contribution in [0.25, 0.3) is 5.76 Å². The number of hydrogen-bond acceptors (Lipinski definition) is 4. The minimum Gasteiger partial charge on any atom is -0.507 e. The molecule has 1 aliphatic heterocycles. The van der Waals surface area contributed by atoms with Gasteiger partial charge in [-0.2, -0.15) is 0 Å². The number of carbonyl (C=O) groups is 2. The fraction of sp³-hybridized carbons (Fsp3) is 0.0870. The first-order valence-corrected chi connectivity index (χ1v) is 9.05. The summed E-state index contributed by atoms with van der Waals surface area (Å²) in [4.78, 5) is 30.9. The molecular weight excluding hydrogens is 371 g/mol. The molecule has 1 N–H and O–H groups in total. The predicted molar refractivity (Wildman–Crippen MR) is 105 cm³/mol. The number of likely N-dealkylation sites (tertiary alicyclic amines) is 1. The molecule has 5 nitrogen and oxygen atoms in total. The van der Waals surface area contributed by atoms with Crippen LogP contribution in [0.5, 0.6) is 0 Å². The van der Waals surface area contributed by atoms with Crippen LogP contribution in [0.4, 0.5) is 4.39 Å². The van der Waals surface area contributed by atoms with Crippen LogP contribution in [-0.4, -0.2) is 26.7 Å². The summed E-state index contributed by atoms with van der Waals surface area (Å²) >= 11 is 0. The second-order valence-electron chi connectivity index (χ2n) is 6.67.